The predicted octanol–water partition coefficient (Wildman–Crippen LogP) is 3.06. The quantitative estimate of drug-likeness (QED) is 0.771. The van der Waals surface area contributed by atoms with E-state index in [0.717, 1.165) is 50.5 Å². The van der Waals surface area contributed by atoms with Gasteiger partial charge in [0.15, 0.2) is 0 Å². The molecule has 1 saturated carbocycles. The van der Waals surface area contributed by atoms with E-state index in [9.17, 15) is 4.79 Å². The lowest BCUT2D eigenvalue weighted by Crippen LogP contribution is -2.48. The molecule has 0 spiro atoms. The van der Waals surface area contributed by atoms with Crippen molar-refractivity contribution in [2.45, 2.75) is 38.0 Å². The minimum atomic E-state index is 0.355. The second-order valence-corrected chi connectivity index (χ2v) is 8.97. The molecule has 1 aromatic rings. The van der Waals surface area contributed by atoms with Crippen LogP contribution in [0.15, 0.2) is 30.3 Å². The lowest BCUT2D eigenvalue weighted by atomic mass is 9.90. The maximum Gasteiger partial charge on any atom is 0.223 e. The summed E-state index contributed by atoms with van der Waals surface area (Å²) >= 11 is 0. The molecule has 0 N–H and O–H groups in total. The molecule has 3 fully saturated rings. The van der Waals surface area contributed by atoms with E-state index in [1.807, 2.05) is 0 Å². The van der Waals surface area contributed by atoms with E-state index in [2.05, 4.69) is 52.1 Å². The zero-order chi connectivity index (χ0) is 18.6. The van der Waals surface area contributed by atoms with Crippen molar-refractivity contribution < 1.29 is 4.79 Å². The minimum Gasteiger partial charge on any atom is -0.340 e. The molecule has 27 heavy (non-hydrogen) atoms. The van der Waals surface area contributed by atoms with Gasteiger partial charge in [-0.05, 0) is 69.1 Å². The Hall–Kier alpha value is -1.39. The van der Waals surface area contributed by atoms with Gasteiger partial charge in [-0.3, -0.25) is 4.79 Å². The summed E-state index contributed by atoms with van der Waals surface area (Å²) in [5.74, 6) is 3.00. The number of carbonyl (C=O) groups excluding carboxylic acids is 1. The third-order valence-electron chi connectivity index (χ3n) is 6.99. The first kappa shape index (κ1) is 18.9. The third-order valence-corrected chi connectivity index (χ3v) is 6.99. The zero-order valence-electron chi connectivity index (χ0n) is 16.9. The van der Waals surface area contributed by atoms with Gasteiger partial charge in [-0.25, -0.2) is 0 Å². The van der Waals surface area contributed by atoms with E-state index < -0.39 is 0 Å². The Balaban J connectivity index is 1.12. The average molecular weight is 370 g/mol. The number of nitrogens with zero attached hydrogens (tertiary/aromatic N) is 3. The van der Waals surface area contributed by atoms with E-state index >= 15 is 0 Å². The van der Waals surface area contributed by atoms with Gasteiger partial charge in [-0.2, -0.15) is 0 Å². The van der Waals surface area contributed by atoms with Crippen LogP contribution in [-0.4, -0.2) is 73.5 Å². The summed E-state index contributed by atoms with van der Waals surface area (Å²) in [6.07, 6.45) is 6.14. The molecular formula is C23H35N3O. The van der Waals surface area contributed by atoms with Crippen molar-refractivity contribution in [3.05, 3.63) is 35.9 Å². The molecule has 2 atom stereocenters. The van der Waals surface area contributed by atoms with Gasteiger partial charge in [0.05, 0.1) is 0 Å². The first-order valence-electron chi connectivity index (χ1n) is 10.9. The van der Waals surface area contributed by atoms with Gasteiger partial charge in [0, 0.05) is 39.1 Å². The van der Waals surface area contributed by atoms with Crippen LogP contribution in [0.5, 0.6) is 0 Å². The van der Waals surface area contributed by atoms with Crippen molar-refractivity contribution in [1.29, 1.82) is 0 Å². The smallest absolute Gasteiger partial charge is 0.223 e. The van der Waals surface area contributed by atoms with Crippen LogP contribution < -0.4 is 0 Å². The summed E-state index contributed by atoms with van der Waals surface area (Å²) in [4.78, 5) is 19.3. The van der Waals surface area contributed by atoms with Crippen LogP contribution in [0.3, 0.4) is 0 Å². The Bertz CT molecular complexity index is 603. The third kappa shape index (κ3) is 5.11. The molecule has 2 aliphatic heterocycles. The van der Waals surface area contributed by atoms with Crippen LogP contribution in [0.2, 0.25) is 0 Å². The normalized spacial score (nSPS) is 27.7. The molecule has 1 amide bonds. The average Bonchev–Trinajstić information content (AvgIpc) is 3.47. The van der Waals surface area contributed by atoms with Crippen molar-refractivity contribution in [1.82, 2.24) is 14.7 Å². The highest BCUT2D eigenvalue weighted by molar-refractivity contribution is 5.76. The number of hydrogen-bond donors (Lipinski definition) is 0. The van der Waals surface area contributed by atoms with Crippen LogP contribution >= 0.6 is 0 Å². The van der Waals surface area contributed by atoms with Crippen LogP contribution in [0, 0.1) is 11.8 Å². The number of amides is 1. The number of piperidine rings is 1. The number of benzene rings is 1. The first-order chi connectivity index (χ1) is 13.2. The fourth-order valence-corrected chi connectivity index (χ4v) is 4.96. The lowest BCUT2D eigenvalue weighted by molar-refractivity contribution is -0.133. The molecule has 0 aromatic heterocycles. The maximum absolute atomic E-state index is 12.4. The molecule has 4 heteroatoms. The van der Waals surface area contributed by atoms with Crippen LogP contribution in [0.25, 0.3) is 0 Å². The predicted molar refractivity (Wildman–Crippen MR) is 110 cm³/mol. The highest BCUT2D eigenvalue weighted by Gasteiger charge is 2.39. The maximum atomic E-state index is 12.4. The Labute approximate surface area is 164 Å². The highest BCUT2D eigenvalue weighted by Crippen LogP contribution is 2.51. The number of likely N-dealkylation sites (tertiary alicyclic amines) is 1. The molecule has 2 heterocycles. The Morgan fingerprint density at radius 3 is 2.41 bits per heavy atom. The fourth-order valence-electron chi connectivity index (χ4n) is 4.96. The standard InChI is InChI=1S/C23H35N3O/c1-24-13-15-26(16-14-24)23(27)9-12-25-10-7-19(8-11-25)17-21-18-22(21)20-5-3-2-4-6-20/h2-6,19,21-22H,7-18H2,1H3/t21-,22+/m1/s1. The van der Waals surface area contributed by atoms with Crippen molar-refractivity contribution in [2.75, 3.05) is 52.9 Å². The molecule has 4 nitrogen and oxygen atoms in total. The number of hydrogen-bond acceptors (Lipinski definition) is 3. The van der Waals surface area contributed by atoms with Gasteiger partial charge in [-0.15, -0.1) is 0 Å². The van der Waals surface area contributed by atoms with E-state index in [4.69, 9.17) is 0 Å². The van der Waals surface area contributed by atoms with Gasteiger partial charge in [0.25, 0.3) is 0 Å². The Morgan fingerprint density at radius 2 is 1.70 bits per heavy atom. The first-order valence-corrected chi connectivity index (χ1v) is 10.9. The van der Waals surface area contributed by atoms with Gasteiger partial charge in [-0.1, -0.05) is 30.3 Å². The summed E-state index contributed by atoms with van der Waals surface area (Å²) in [7, 11) is 2.13. The topological polar surface area (TPSA) is 26.8 Å². The van der Waals surface area contributed by atoms with Gasteiger partial charge >= 0.3 is 0 Å². The summed E-state index contributed by atoms with van der Waals surface area (Å²) < 4.78 is 0. The number of rotatable bonds is 6. The van der Waals surface area contributed by atoms with Crippen molar-refractivity contribution in [2.24, 2.45) is 11.8 Å². The van der Waals surface area contributed by atoms with Crippen LogP contribution in [-0.2, 0) is 4.79 Å². The van der Waals surface area contributed by atoms with E-state index in [-0.39, 0.29) is 0 Å². The summed E-state index contributed by atoms with van der Waals surface area (Å²) in [6, 6.07) is 11.1. The zero-order valence-corrected chi connectivity index (χ0v) is 16.9. The summed E-state index contributed by atoms with van der Waals surface area (Å²) in [5.41, 5.74) is 1.54. The molecule has 0 unspecified atom stereocenters. The van der Waals surface area contributed by atoms with Crippen molar-refractivity contribution >= 4 is 5.91 Å². The molecule has 2 saturated heterocycles. The van der Waals surface area contributed by atoms with E-state index in [1.165, 1.54) is 38.8 Å². The van der Waals surface area contributed by atoms with Crippen molar-refractivity contribution in [3.8, 4) is 0 Å². The number of piperazine rings is 1. The number of carbonyl (C=O) groups is 1. The molecular weight excluding hydrogens is 334 g/mol. The second-order valence-electron chi connectivity index (χ2n) is 8.97. The molecule has 1 aliphatic carbocycles. The van der Waals surface area contributed by atoms with Crippen LogP contribution in [0.4, 0.5) is 0 Å². The lowest BCUT2D eigenvalue weighted by Gasteiger charge is -2.34. The SMILES string of the molecule is CN1CCN(C(=O)CCN2CCC(C[C@@H]3C[C@H]3c3ccccc3)CC2)CC1. The van der Waals surface area contributed by atoms with Gasteiger partial charge in [0.2, 0.25) is 5.91 Å². The molecule has 1 aromatic carbocycles. The van der Waals surface area contributed by atoms with Crippen LogP contribution in [0.1, 0.15) is 43.6 Å². The second kappa shape index (κ2) is 8.74. The van der Waals surface area contributed by atoms with Gasteiger partial charge < -0.3 is 14.7 Å². The molecule has 0 radical (unpaired) electrons. The summed E-state index contributed by atoms with van der Waals surface area (Å²) in [6.45, 7) is 7.16. The molecule has 4 rings (SSSR count). The molecule has 0 bridgehead atoms. The summed E-state index contributed by atoms with van der Waals surface area (Å²) in [5, 5.41) is 0. The largest absolute Gasteiger partial charge is 0.340 e. The Kier molecular flexibility index (Phi) is 6.14. The number of likely N-dealkylation sites (N-methyl/N-ethyl adjacent to an activating group) is 1. The Morgan fingerprint density at radius 1 is 1.00 bits per heavy atom. The van der Waals surface area contributed by atoms with Crippen molar-refractivity contribution in [3.63, 3.8) is 0 Å². The van der Waals surface area contributed by atoms with E-state index in [1.54, 1.807) is 5.56 Å². The minimum absolute atomic E-state index is 0.355. The van der Waals surface area contributed by atoms with Gasteiger partial charge in [0.1, 0.15) is 0 Å². The highest BCUT2D eigenvalue weighted by atomic mass is 16.2. The fraction of sp³-hybridized carbons (Fsp3) is 0.696. The molecule has 3 aliphatic rings. The van der Waals surface area contributed by atoms with E-state index in [0.29, 0.717) is 12.3 Å². The molecule has 148 valence electrons. The monoisotopic (exact) mass is 369 g/mol.